The van der Waals surface area contributed by atoms with Gasteiger partial charge in [0.15, 0.2) is 0 Å². The Morgan fingerprint density at radius 3 is 2.24 bits per heavy atom. The summed E-state index contributed by atoms with van der Waals surface area (Å²) in [7, 11) is 0. The maximum absolute atomic E-state index is 5.85. The summed E-state index contributed by atoms with van der Waals surface area (Å²) in [5.74, 6) is 0.887. The van der Waals surface area contributed by atoms with Crippen LogP contribution in [0.15, 0.2) is 71.2 Å². The van der Waals surface area contributed by atoms with Crippen molar-refractivity contribution in [1.29, 1.82) is 0 Å². The van der Waals surface area contributed by atoms with Crippen LogP contribution in [0.25, 0.3) is 0 Å². The zero-order valence-electron chi connectivity index (χ0n) is 14.6. The van der Waals surface area contributed by atoms with Crippen LogP contribution in [-0.4, -0.2) is 0 Å². The van der Waals surface area contributed by atoms with Crippen molar-refractivity contribution in [3.05, 3.63) is 93.5 Å². The van der Waals surface area contributed by atoms with Gasteiger partial charge in [0.1, 0.15) is 12.4 Å². The largest absolute Gasteiger partial charge is 0.489 e. The smallest absolute Gasteiger partial charge is 0.119 e. The van der Waals surface area contributed by atoms with Gasteiger partial charge >= 0.3 is 0 Å². The summed E-state index contributed by atoms with van der Waals surface area (Å²) in [6.45, 7) is 5.67. The standard InChI is InChI=1S/C22H22BrNO/c1-16-4-3-5-22(17(16)2)24-14-18-8-12-21(13-9-18)25-15-19-6-10-20(23)11-7-19/h3-13,24H,14-15H2,1-2H3. The number of hydrogen-bond donors (Lipinski definition) is 1. The molecular formula is C22H22BrNO. The van der Waals surface area contributed by atoms with Crippen LogP contribution in [-0.2, 0) is 13.2 Å². The number of benzene rings is 3. The van der Waals surface area contributed by atoms with Gasteiger partial charge in [0, 0.05) is 16.7 Å². The summed E-state index contributed by atoms with van der Waals surface area (Å²) < 4.78 is 6.93. The Bertz CT molecular complexity index is 826. The summed E-state index contributed by atoms with van der Waals surface area (Å²) in [6, 6.07) is 22.8. The van der Waals surface area contributed by atoms with Crippen molar-refractivity contribution in [2.75, 3.05) is 5.32 Å². The van der Waals surface area contributed by atoms with Crippen LogP contribution in [0.4, 0.5) is 5.69 Å². The number of nitrogens with one attached hydrogen (secondary N) is 1. The van der Waals surface area contributed by atoms with Gasteiger partial charge in [0.2, 0.25) is 0 Å². The SMILES string of the molecule is Cc1cccc(NCc2ccc(OCc3ccc(Br)cc3)cc2)c1C. The second-order valence-corrected chi connectivity index (χ2v) is 7.08. The molecule has 0 aliphatic heterocycles. The maximum atomic E-state index is 5.85. The molecule has 0 aliphatic rings. The number of halogens is 1. The predicted molar refractivity (Wildman–Crippen MR) is 108 cm³/mol. The van der Waals surface area contributed by atoms with E-state index in [0.29, 0.717) is 6.61 Å². The van der Waals surface area contributed by atoms with Crippen LogP contribution >= 0.6 is 15.9 Å². The molecule has 128 valence electrons. The molecule has 0 aromatic heterocycles. The molecule has 0 radical (unpaired) electrons. The fraction of sp³-hybridized carbons (Fsp3) is 0.182. The van der Waals surface area contributed by atoms with E-state index in [1.54, 1.807) is 0 Å². The van der Waals surface area contributed by atoms with Gasteiger partial charge in [-0.2, -0.15) is 0 Å². The van der Waals surface area contributed by atoms with Crippen LogP contribution in [0.2, 0.25) is 0 Å². The summed E-state index contributed by atoms with van der Waals surface area (Å²) in [4.78, 5) is 0. The van der Waals surface area contributed by atoms with Crippen molar-refractivity contribution < 1.29 is 4.74 Å². The molecule has 3 aromatic rings. The number of rotatable bonds is 6. The highest BCUT2D eigenvalue weighted by Crippen LogP contribution is 2.20. The highest BCUT2D eigenvalue weighted by atomic mass is 79.9. The van der Waals surface area contributed by atoms with Crippen LogP contribution in [0, 0.1) is 13.8 Å². The van der Waals surface area contributed by atoms with Crippen LogP contribution in [0.3, 0.4) is 0 Å². The molecule has 0 saturated carbocycles. The third-order valence-electron chi connectivity index (χ3n) is 4.33. The van der Waals surface area contributed by atoms with Crippen LogP contribution in [0.1, 0.15) is 22.3 Å². The summed E-state index contributed by atoms with van der Waals surface area (Å²) in [5, 5.41) is 3.51. The van der Waals surface area contributed by atoms with Gasteiger partial charge in [0.05, 0.1) is 0 Å². The lowest BCUT2D eigenvalue weighted by Gasteiger charge is -2.12. The second kappa shape index (κ2) is 8.21. The van der Waals surface area contributed by atoms with E-state index in [2.05, 4.69) is 77.6 Å². The molecule has 0 unspecified atom stereocenters. The van der Waals surface area contributed by atoms with Gasteiger partial charge in [0.25, 0.3) is 0 Å². The van der Waals surface area contributed by atoms with Gasteiger partial charge in [-0.25, -0.2) is 0 Å². The molecule has 0 aliphatic carbocycles. The lowest BCUT2D eigenvalue weighted by atomic mass is 10.1. The minimum atomic E-state index is 0.577. The highest BCUT2D eigenvalue weighted by molar-refractivity contribution is 9.10. The lowest BCUT2D eigenvalue weighted by Crippen LogP contribution is -2.02. The molecule has 25 heavy (non-hydrogen) atoms. The fourth-order valence-electron chi connectivity index (χ4n) is 2.59. The monoisotopic (exact) mass is 395 g/mol. The number of hydrogen-bond acceptors (Lipinski definition) is 2. The van der Waals surface area contributed by atoms with Gasteiger partial charge in [-0.05, 0) is 66.4 Å². The normalized spacial score (nSPS) is 10.5. The van der Waals surface area contributed by atoms with E-state index in [4.69, 9.17) is 4.74 Å². The van der Waals surface area contributed by atoms with Crippen molar-refractivity contribution >= 4 is 21.6 Å². The topological polar surface area (TPSA) is 21.3 Å². The molecule has 3 heteroatoms. The quantitative estimate of drug-likeness (QED) is 0.531. The van der Waals surface area contributed by atoms with Crippen molar-refractivity contribution in [2.45, 2.75) is 27.0 Å². The molecule has 2 nitrogen and oxygen atoms in total. The van der Waals surface area contributed by atoms with Gasteiger partial charge in [-0.3, -0.25) is 0 Å². The Balaban J connectivity index is 1.55. The summed E-state index contributed by atoms with van der Waals surface area (Å²) >= 11 is 3.44. The highest BCUT2D eigenvalue weighted by Gasteiger charge is 2.01. The van der Waals surface area contributed by atoms with E-state index in [1.807, 2.05) is 24.3 Å². The zero-order valence-corrected chi connectivity index (χ0v) is 16.1. The number of ether oxygens (including phenoxy) is 1. The molecule has 3 rings (SSSR count). The van der Waals surface area contributed by atoms with Gasteiger partial charge < -0.3 is 10.1 Å². The predicted octanol–water partition coefficient (Wildman–Crippen LogP) is 6.26. The molecular weight excluding hydrogens is 374 g/mol. The van der Waals surface area contributed by atoms with E-state index >= 15 is 0 Å². The molecule has 0 saturated heterocycles. The Labute approximate surface area is 158 Å². The lowest BCUT2D eigenvalue weighted by molar-refractivity contribution is 0.306. The van der Waals surface area contributed by atoms with Crippen LogP contribution in [0.5, 0.6) is 5.75 Å². The minimum Gasteiger partial charge on any atom is -0.489 e. The molecule has 0 fully saturated rings. The van der Waals surface area contributed by atoms with E-state index < -0.39 is 0 Å². The Morgan fingerprint density at radius 2 is 1.52 bits per heavy atom. The Morgan fingerprint density at radius 1 is 0.840 bits per heavy atom. The van der Waals surface area contributed by atoms with Gasteiger partial charge in [-0.15, -0.1) is 0 Å². The average Bonchev–Trinajstić information content (AvgIpc) is 2.63. The molecule has 0 spiro atoms. The van der Waals surface area contributed by atoms with Crippen molar-refractivity contribution in [2.24, 2.45) is 0 Å². The van der Waals surface area contributed by atoms with E-state index in [-0.39, 0.29) is 0 Å². The first-order valence-corrected chi connectivity index (χ1v) is 9.17. The third kappa shape index (κ3) is 4.86. The summed E-state index contributed by atoms with van der Waals surface area (Å²) in [5.41, 5.74) is 6.19. The zero-order chi connectivity index (χ0) is 17.6. The first kappa shape index (κ1) is 17.6. The molecule has 0 bridgehead atoms. The van der Waals surface area contributed by atoms with E-state index in [1.165, 1.54) is 22.4 Å². The molecule has 3 aromatic carbocycles. The third-order valence-corrected chi connectivity index (χ3v) is 4.86. The molecule has 0 atom stereocenters. The maximum Gasteiger partial charge on any atom is 0.119 e. The molecule has 1 N–H and O–H groups in total. The first-order chi connectivity index (χ1) is 12.1. The fourth-order valence-corrected chi connectivity index (χ4v) is 2.86. The van der Waals surface area contributed by atoms with Crippen molar-refractivity contribution in [3.63, 3.8) is 0 Å². The number of aryl methyl sites for hydroxylation is 1. The number of anilines is 1. The summed E-state index contributed by atoms with van der Waals surface area (Å²) in [6.07, 6.45) is 0. The first-order valence-electron chi connectivity index (χ1n) is 8.38. The van der Waals surface area contributed by atoms with Crippen LogP contribution < -0.4 is 10.1 Å². The van der Waals surface area contributed by atoms with Crippen molar-refractivity contribution in [3.8, 4) is 5.75 Å². The minimum absolute atomic E-state index is 0.577. The van der Waals surface area contributed by atoms with Gasteiger partial charge in [-0.1, -0.05) is 52.3 Å². The molecule has 0 amide bonds. The second-order valence-electron chi connectivity index (χ2n) is 6.16. The van der Waals surface area contributed by atoms with E-state index in [9.17, 15) is 0 Å². The average molecular weight is 396 g/mol. The molecule has 0 heterocycles. The van der Waals surface area contributed by atoms with Crippen molar-refractivity contribution in [1.82, 2.24) is 0 Å². The van der Waals surface area contributed by atoms with E-state index in [0.717, 1.165) is 22.3 Å². The Hall–Kier alpha value is -2.26. The Kier molecular flexibility index (Phi) is 5.77.